The molecule has 3 atom stereocenters. The minimum absolute atomic E-state index is 0.238. The highest BCUT2D eigenvalue weighted by Gasteiger charge is 2.33. The molecule has 2 rings (SSSR count). The summed E-state index contributed by atoms with van der Waals surface area (Å²) in [7, 11) is 0. The molecule has 1 saturated heterocycles. The van der Waals surface area contributed by atoms with E-state index in [1.54, 1.807) is 0 Å². The van der Waals surface area contributed by atoms with Crippen LogP contribution in [0.15, 0.2) is 12.3 Å². The molecule has 1 fully saturated rings. The molecule has 3 N–H and O–H groups in total. The van der Waals surface area contributed by atoms with Crippen LogP contribution < -0.4 is 11.3 Å². The summed E-state index contributed by atoms with van der Waals surface area (Å²) in [5, 5.41) is 4.74. The molecule has 0 aliphatic carbocycles. The van der Waals surface area contributed by atoms with Gasteiger partial charge in [0.2, 0.25) is 0 Å². The van der Waals surface area contributed by atoms with Crippen LogP contribution in [0.5, 0.6) is 0 Å². The van der Waals surface area contributed by atoms with E-state index in [9.17, 15) is 0 Å². The number of hydrogen-bond donors (Lipinski definition) is 2. The van der Waals surface area contributed by atoms with Crippen LogP contribution in [0.2, 0.25) is 0 Å². The van der Waals surface area contributed by atoms with Crippen molar-refractivity contribution in [3.05, 3.63) is 18.0 Å². The molecule has 0 amide bonds. The first-order valence-corrected chi connectivity index (χ1v) is 8.35. The largest absolute Gasteiger partial charge is 0.378 e. The molecule has 1 aliphatic rings. The van der Waals surface area contributed by atoms with Gasteiger partial charge in [-0.25, -0.2) is 0 Å². The number of rotatable bonds is 8. The van der Waals surface area contributed by atoms with Crippen LogP contribution in [0.1, 0.15) is 58.2 Å². The monoisotopic (exact) mass is 294 g/mol. The first-order valence-electron chi connectivity index (χ1n) is 8.35. The highest BCUT2D eigenvalue weighted by Crippen LogP contribution is 2.28. The minimum Gasteiger partial charge on any atom is -0.378 e. The highest BCUT2D eigenvalue weighted by atomic mass is 16.5. The van der Waals surface area contributed by atoms with Gasteiger partial charge in [0, 0.05) is 31.2 Å². The Kier molecular flexibility index (Phi) is 6.21. The number of nitrogens with zero attached hydrogens (tertiary/aromatic N) is 2. The SMILES string of the molecule is CCC1OCCC1C(Cc1ccn(C(CC)CC)n1)NN. The third kappa shape index (κ3) is 3.84. The second-order valence-electron chi connectivity index (χ2n) is 6.00. The summed E-state index contributed by atoms with van der Waals surface area (Å²) in [4.78, 5) is 0. The molecule has 1 aromatic rings. The Labute approximate surface area is 128 Å². The predicted molar refractivity (Wildman–Crippen MR) is 84.8 cm³/mol. The van der Waals surface area contributed by atoms with Crippen molar-refractivity contribution in [1.82, 2.24) is 15.2 Å². The lowest BCUT2D eigenvalue weighted by Gasteiger charge is -2.26. The van der Waals surface area contributed by atoms with Crippen molar-refractivity contribution >= 4 is 0 Å². The van der Waals surface area contributed by atoms with Gasteiger partial charge in [-0.1, -0.05) is 20.8 Å². The molecule has 120 valence electrons. The van der Waals surface area contributed by atoms with Crippen molar-refractivity contribution in [2.45, 2.75) is 71.1 Å². The van der Waals surface area contributed by atoms with Gasteiger partial charge in [0.15, 0.2) is 0 Å². The van der Waals surface area contributed by atoms with Crippen molar-refractivity contribution in [3.63, 3.8) is 0 Å². The van der Waals surface area contributed by atoms with E-state index in [1.165, 1.54) is 0 Å². The minimum atomic E-state index is 0.238. The summed E-state index contributed by atoms with van der Waals surface area (Å²) in [6, 6.07) is 2.86. The standard InChI is InChI=1S/C16H30N4O/c1-4-13(5-2)20-9-7-12(19-20)11-15(18-17)14-8-10-21-16(14)6-3/h7,9,13-16,18H,4-6,8,10-11,17H2,1-3H3. The van der Waals surface area contributed by atoms with Crippen LogP contribution in [0.4, 0.5) is 0 Å². The molecule has 0 saturated carbocycles. The number of nitrogens with one attached hydrogen (secondary N) is 1. The highest BCUT2D eigenvalue weighted by molar-refractivity contribution is 5.04. The quantitative estimate of drug-likeness (QED) is 0.571. The Bertz CT molecular complexity index is 416. The van der Waals surface area contributed by atoms with Crippen molar-refractivity contribution in [2.75, 3.05) is 6.61 Å². The summed E-state index contributed by atoms with van der Waals surface area (Å²) >= 11 is 0. The van der Waals surface area contributed by atoms with E-state index in [4.69, 9.17) is 15.7 Å². The van der Waals surface area contributed by atoms with E-state index in [0.29, 0.717) is 18.1 Å². The van der Waals surface area contributed by atoms with Crippen LogP contribution in [0, 0.1) is 5.92 Å². The maximum absolute atomic E-state index is 5.80. The van der Waals surface area contributed by atoms with Gasteiger partial charge in [0.25, 0.3) is 0 Å². The molecule has 2 heterocycles. The third-order valence-corrected chi connectivity index (χ3v) is 4.80. The number of aromatic nitrogens is 2. The topological polar surface area (TPSA) is 65.1 Å². The summed E-state index contributed by atoms with van der Waals surface area (Å²) in [6.07, 6.45) is 7.66. The van der Waals surface area contributed by atoms with Gasteiger partial charge in [-0.15, -0.1) is 0 Å². The molecule has 0 radical (unpaired) electrons. The average Bonchev–Trinajstić information content (AvgIpc) is 3.15. The zero-order valence-electron chi connectivity index (χ0n) is 13.6. The Hall–Kier alpha value is -0.910. The van der Waals surface area contributed by atoms with E-state index in [-0.39, 0.29) is 6.04 Å². The molecule has 0 spiro atoms. The van der Waals surface area contributed by atoms with Gasteiger partial charge in [0.05, 0.1) is 17.8 Å². The zero-order chi connectivity index (χ0) is 15.2. The first-order chi connectivity index (χ1) is 10.2. The molecule has 5 heteroatoms. The summed E-state index contributed by atoms with van der Waals surface area (Å²) in [5.41, 5.74) is 4.11. The van der Waals surface area contributed by atoms with Crippen LogP contribution in [0.3, 0.4) is 0 Å². The maximum Gasteiger partial charge on any atom is 0.0640 e. The summed E-state index contributed by atoms with van der Waals surface area (Å²) in [6.45, 7) is 7.45. The number of hydrazine groups is 1. The Balaban J connectivity index is 2.02. The van der Waals surface area contributed by atoms with Crippen LogP contribution in [0.25, 0.3) is 0 Å². The van der Waals surface area contributed by atoms with Gasteiger partial charge < -0.3 is 4.74 Å². The fraction of sp³-hybridized carbons (Fsp3) is 0.812. The van der Waals surface area contributed by atoms with Gasteiger partial charge in [-0.3, -0.25) is 16.0 Å². The average molecular weight is 294 g/mol. The lowest BCUT2D eigenvalue weighted by atomic mass is 9.89. The molecule has 3 unspecified atom stereocenters. The molecule has 1 aromatic heterocycles. The number of ether oxygens (including phenoxy) is 1. The van der Waals surface area contributed by atoms with Crippen LogP contribution >= 0.6 is 0 Å². The number of hydrogen-bond acceptors (Lipinski definition) is 4. The Morgan fingerprint density at radius 2 is 2.19 bits per heavy atom. The summed E-state index contributed by atoms with van der Waals surface area (Å²) in [5.74, 6) is 6.28. The first kappa shape index (κ1) is 16.5. The number of nitrogens with two attached hydrogens (primary N) is 1. The zero-order valence-corrected chi connectivity index (χ0v) is 13.6. The lowest BCUT2D eigenvalue weighted by molar-refractivity contribution is 0.0773. The molecule has 5 nitrogen and oxygen atoms in total. The normalized spacial score (nSPS) is 23.9. The summed E-state index contributed by atoms with van der Waals surface area (Å²) < 4.78 is 7.89. The fourth-order valence-electron chi connectivity index (χ4n) is 3.46. The van der Waals surface area contributed by atoms with E-state index < -0.39 is 0 Å². The molecule has 0 bridgehead atoms. The van der Waals surface area contributed by atoms with Crippen LogP contribution in [-0.2, 0) is 11.2 Å². The molecule has 1 aliphatic heterocycles. The van der Waals surface area contributed by atoms with Gasteiger partial charge in [-0.2, -0.15) is 5.10 Å². The van der Waals surface area contributed by atoms with Crippen molar-refractivity contribution < 1.29 is 4.74 Å². The third-order valence-electron chi connectivity index (χ3n) is 4.80. The fourth-order valence-corrected chi connectivity index (χ4v) is 3.46. The molecule has 21 heavy (non-hydrogen) atoms. The van der Waals surface area contributed by atoms with Gasteiger partial charge >= 0.3 is 0 Å². The second-order valence-corrected chi connectivity index (χ2v) is 6.00. The Morgan fingerprint density at radius 1 is 1.43 bits per heavy atom. The molecule has 0 aromatic carbocycles. The van der Waals surface area contributed by atoms with Crippen molar-refractivity contribution in [2.24, 2.45) is 11.8 Å². The lowest BCUT2D eigenvalue weighted by Crippen LogP contribution is -2.45. The van der Waals surface area contributed by atoms with E-state index in [1.807, 2.05) is 0 Å². The van der Waals surface area contributed by atoms with E-state index in [2.05, 4.69) is 43.1 Å². The van der Waals surface area contributed by atoms with Gasteiger partial charge in [-0.05, 0) is 31.7 Å². The maximum atomic E-state index is 5.80. The second kappa shape index (κ2) is 7.92. The van der Waals surface area contributed by atoms with Crippen LogP contribution in [-0.4, -0.2) is 28.5 Å². The van der Waals surface area contributed by atoms with Crippen molar-refractivity contribution in [1.29, 1.82) is 0 Å². The smallest absolute Gasteiger partial charge is 0.0640 e. The predicted octanol–water partition coefficient (Wildman–Crippen LogP) is 2.43. The van der Waals surface area contributed by atoms with Crippen molar-refractivity contribution in [3.8, 4) is 0 Å². The molecular formula is C16H30N4O. The Morgan fingerprint density at radius 3 is 2.81 bits per heavy atom. The van der Waals surface area contributed by atoms with E-state index in [0.717, 1.165) is 44.4 Å². The van der Waals surface area contributed by atoms with Gasteiger partial charge in [0.1, 0.15) is 0 Å². The van der Waals surface area contributed by atoms with E-state index >= 15 is 0 Å². The molecular weight excluding hydrogens is 264 g/mol.